The minimum atomic E-state index is -1.09. The van der Waals surface area contributed by atoms with Crippen LogP contribution in [0.1, 0.15) is 6.42 Å². The van der Waals surface area contributed by atoms with Gasteiger partial charge in [-0.2, -0.15) is 5.10 Å². The summed E-state index contributed by atoms with van der Waals surface area (Å²) in [5, 5.41) is 19.4. The van der Waals surface area contributed by atoms with Crippen LogP contribution < -0.4 is 25.4 Å². The molecule has 0 spiro atoms. The van der Waals surface area contributed by atoms with E-state index in [2.05, 4.69) is 20.5 Å². The zero-order chi connectivity index (χ0) is 25.5. The van der Waals surface area contributed by atoms with Gasteiger partial charge in [-0.05, 0) is 24.3 Å². The second-order valence-corrected chi connectivity index (χ2v) is 7.89. The van der Waals surface area contributed by atoms with Crippen molar-refractivity contribution in [1.29, 1.82) is 0 Å². The van der Waals surface area contributed by atoms with Gasteiger partial charge in [-0.3, -0.25) is 19.7 Å². The topological polar surface area (TPSA) is 156 Å². The minimum absolute atomic E-state index is 0.0151. The lowest BCUT2D eigenvalue weighted by atomic mass is 10.1. The third-order valence-electron chi connectivity index (χ3n) is 5.45. The molecule has 2 heterocycles. The number of carbonyl (C=O) groups excluding carboxylic acids is 1. The Morgan fingerprint density at radius 1 is 1.19 bits per heavy atom. The zero-order valence-electron chi connectivity index (χ0n) is 19.5. The molecule has 186 valence electrons. The molecule has 0 saturated carbocycles. The Bertz CT molecular complexity index is 1330. The highest BCUT2D eigenvalue weighted by Gasteiger charge is 2.20. The van der Waals surface area contributed by atoms with Crippen LogP contribution >= 0.6 is 0 Å². The molecule has 0 aliphatic heterocycles. The minimum Gasteiger partial charge on any atom is -0.493 e. The second kappa shape index (κ2) is 11.2. The van der Waals surface area contributed by atoms with Crippen molar-refractivity contribution in [3.63, 3.8) is 0 Å². The summed E-state index contributed by atoms with van der Waals surface area (Å²) >= 11 is 0. The van der Waals surface area contributed by atoms with Gasteiger partial charge < -0.3 is 30.5 Å². The number of para-hydroxylation sites is 1. The SMILES string of the molecule is COc1cc2c(N(CC(=O)Nc3ccccc3)c3cn[nH]c3)ccnc2cc1OCC[C@H](N)C(=O)O. The highest BCUT2D eigenvalue weighted by atomic mass is 16.5. The van der Waals surface area contributed by atoms with Crippen LogP contribution in [-0.4, -0.2) is 58.5 Å². The molecule has 2 aromatic carbocycles. The van der Waals surface area contributed by atoms with E-state index in [1.165, 1.54) is 7.11 Å². The van der Waals surface area contributed by atoms with Gasteiger partial charge >= 0.3 is 5.97 Å². The Balaban J connectivity index is 1.64. The lowest BCUT2D eigenvalue weighted by Crippen LogP contribution is -2.31. The van der Waals surface area contributed by atoms with Gasteiger partial charge in [0.05, 0.1) is 36.8 Å². The number of carbonyl (C=O) groups is 2. The van der Waals surface area contributed by atoms with Gasteiger partial charge in [-0.25, -0.2) is 0 Å². The van der Waals surface area contributed by atoms with Crippen LogP contribution in [0.15, 0.2) is 67.1 Å². The molecule has 0 fully saturated rings. The summed E-state index contributed by atoms with van der Waals surface area (Å²) in [4.78, 5) is 30.2. The Morgan fingerprint density at radius 3 is 2.69 bits per heavy atom. The Kier molecular flexibility index (Phi) is 7.61. The quantitative estimate of drug-likeness (QED) is 0.248. The van der Waals surface area contributed by atoms with Crippen LogP contribution in [0.5, 0.6) is 11.5 Å². The number of nitrogens with zero attached hydrogens (tertiary/aromatic N) is 3. The number of nitrogens with one attached hydrogen (secondary N) is 2. The van der Waals surface area contributed by atoms with Crippen molar-refractivity contribution in [1.82, 2.24) is 15.2 Å². The molecule has 0 bridgehead atoms. The molecule has 0 radical (unpaired) electrons. The normalized spacial score (nSPS) is 11.6. The summed E-state index contributed by atoms with van der Waals surface area (Å²) < 4.78 is 11.3. The van der Waals surface area contributed by atoms with E-state index in [0.717, 1.165) is 5.39 Å². The molecule has 5 N–H and O–H groups in total. The van der Waals surface area contributed by atoms with E-state index < -0.39 is 12.0 Å². The van der Waals surface area contributed by atoms with E-state index in [1.54, 1.807) is 36.8 Å². The summed E-state index contributed by atoms with van der Waals surface area (Å²) in [6, 6.07) is 13.5. The summed E-state index contributed by atoms with van der Waals surface area (Å²) in [7, 11) is 1.51. The van der Waals surface area contributed by atoms with Crippen LogP contribution in [0.2, 0.25) is 0 Å². The van der Waals surface area contributed by atoms with Crippen molar-refractivity contribution in [3.05, 3.63) is 67.1 Å². The third kappa shape index (κ3) is 5.70. The number of fused-ring (bicyclic) bond motifs is 1. The third-order valence-corrected chi connectivity index (χ3v) is 5.45. The van der Waals surface area contributed by atoms with Crippen molar-refractivity contribution in [2.75, 3.05) is 30.5 Å². The van der Waals surface area contributed by atoms with Crippen molar-refractivity contribution in [3.8, 4) is 11.5 Å². The number of ether oxygens (including phenoxy) is 2. The number of hydrogen-bond acceptors (Lipinski definition) is 8. The first kappa shape index (κ1) is 24.5. The first-order chi connectivity index (χ1) is 17.5. The first-order valence-corrected chi connectivity index (χ1v) is 11.2. The number of pyridine rings is 1. The number of aromatic nitrogens is 3. The molecule has 1 amide bonds. The predicted molar refractivity (Wildman–Crippen MR) is 135 cm³/mol. The molecule has 4 aromatic rings. The Hall–Kier alpha value is -4.64. The highest BCUT2D eigenvalue weighted by molar-refractivity contribution is 6.00. The zero-order valence-corrected chi connectivity index (χ0v) is 19.5. The number of nitrogens with two attached hydrogens (primary N) is 1. The van der Waals surface area contributed by atoms with Crippen LogP contribution in [0, 0.1) is 0 Å². The van der Waals surface area contributed by atoms with Crippen LogP contribution in [-0.2, 0) is 9.59 Å². The fourth-order valence-corrected chi connectivity index (χ4v) is 3.64. The molecule has 0 aliphatic rings. The van der Waals surface area contributed by atoms with E-state index in [-0.39, 0.29) is 25.5 Å². The fourth-order valence-electron chi connectivity index (χ4n) is 3.64. The number of carboxylic acid groups (broad SMARTS) is 1. The molecule has 0 unspecified atom stereocenters. The van der Waals surface area contributed by atoms with E-state index >= 15 is 0 Å². The lowest BCUT2D eigenvalue weighted by Gasteiger charge is -2.24. The van der Waals surface area contributed by atoms with Gasteiger partial charge in [0.2, 0.25) is 5.91 Å². The van der Waals surface area contributed by atoms with Crippen molar-refractivity contribution >= 4 is 39.8 Å². The number of carboxylic acids is 1. The van der Waals surface area contributed by atoms with Crippen molar-refractivity contribution < 1.29 is 24.2 Å². The average Bonchev–Trinajstić information content (AvgIpc) is 3.42. The average molecular weight is 491 g/mol. The van der Waals surface area contributed by atoms with E-state index in [4.69, 9.17) is 20.3 Å². The summed E-state index contributed by atoms with van der Waals surface area (Å²) in [6.45, 7) is 0.108. The largest absolute Gasteiger partial charge is 0.493 e. The van der Waals surface area contributed by atoms with Crippen LogP contribution in [0.4, 0.5) is 17.1 Å². The predicted octanol–water partition coefficient (Wildman–Crippen LogP) is 2.92. The maximum atomic E-state index is 12.9. The van der Waals surface area contributed by atoms with Gasteiger partial charge in [0.25, 0.3) is 0 Å². The molecule has 4 rings (SSSR count). The maximum Gasteiger partial charge on any atom is 0.320 e. The maximum absolute atomic E-state index is 12.9. The van der Waals surface area contributed by atoms with E-state index in [0.29, 0.717) is 34.1 Å². The summed E-state index contributed by atoms with van der Waals surface area (Å²) in [5.41, 5.74) is 8.25. The Morgan fingerprint density at radius 2 is 2.00 bits per heavy atom. The summed E-state index contributed by atoms with van der Waals surface area (Å²) in [6.07, 6.45) is 5.09. The standard InChI is InChI=1S/C25H26N6O5/c1-35-22-11-18-20(12-23(22)36-10-8-19(26)25(33)34)27-9-7-21(18)31(17-13-28-29-14-17)15-24(32)30-16-5-3-2-4-6-16/h2-7,9,11-14,19H,8,10,15,26H2,1H3,(H,28,29)(H,30,32)(H,33,34)/t19-/m0/s1. The number of aliphatic carboxylic acids is 1. The van der Waals surface area contributed by atoms with E-state index in [1.807, 2.05) is 35.2 Å². The van der Waals surface area contributed by atoms with Crippen molar-refractivity contribution in [2.45, 2.75) is 12.5 Å². The molecule has 36 heavy (non-hydrogen) atoms. The molecule has 0 aliphatic carbocycles. The number of benzene rings is 2. The first-order valence-electron chi connectivity index (χ1n) is 11.2. The Labute approximate surface area is 206 Å². The number of hydrogen-bond donors (Lipinski definition) is 4. The van der Waals surface area contributed by atoms with Gasteiger partial charge in [0.1, 0.15) is 12.6 Å². The van der Waals surface area contributed by atoms with Crippen LogP contribution in [0.3, 0.4) is 0 Å². The number of rotatable bonds is 11. The molecule has 0 saturated heterocycles. The number of H-pyrrole nitrogens is 1. The monoisotopic (exact) mass is 490 g/mol. The highest BCUT2D eigenvalue weighted by Crippen LogP contribution is 2.38. The summed E-state index contributed by atoms with van der Waals surface area (Å²) in [5.74, 6) is -0.467. The lowest BCUT2D eigenvalue weighted by molar-refractivity contribution is -0.138. The smallest absolute Gasteiger partial charge is 0.320 e. The van der Waals surface area contributed by atoms with Gasteiger partial charge in [0.15, 0.2) is 11.5 Å². The number of methoxy groups -OCH3 is 1. The molecule has 11 nitrogen and oxygen atoms in total. The second-order valence-electron chi connectivity index (χ2n) is 7.89. The molecule has 2 aromatic heterocycles. The van der Waals surface area contributed by atoms with Gasteiger partial charge in [0, 0.05) is 36.0 Å². The number of anilines is 3. The van der Waals surface area contributed by atoms with Gasteiger partial charge in [-0.15, -0.1) is 0 Å². The fraction of sp³-hybridized carbons (Fsp3) is 0.200. The van der Waals surface area contributed by atoms with Gasteiger partial charge in [-0.1, -0.05) is 18.2 Å². The van der Waals surface area contributed by atoms with E-state index in [9.17, 15) is 9.59 Å². The number of aromatic amines is 1. The molecule has 1 atom stereocenters. The van der Waals surface area contributed by atoms with Crippen molar-refractivity contribution in [2.24, 2.45) is 5.73 Å². The van der Waals surface area contributed by atoms with Crippen LogP contribution in [0.25, 0.3) is 10.9 Å². The molecular formula is C25H26N6O5. The number of amides is 1. The molecule has 11 heteroatoms. The molecular weight excluding hydrogens is 464 g/mol.